The number of carbonyl (C=O) groups is 1. The van der Waals surface area contributed by atoms with Crippen LogP contribution in [0.3, 0.4) is 0 Å². The zero-order chi connectivity index (χ0) is 14.5. The lowest BCUT2D eigenvalue weighted by Crippen LogP contribution is -2.34. The molecule has 0 aromatic heterocycles. The van der Waals surface area contributed by atoms with E-state index in [1.54, 1.807) is 0 Å². The van der Waals surface area contributed by atoms with E-state index in [0.29, 0.717) is 6.42 Å². The van der Waals surface area contributed by atoms with Crippen LogP contribution in [-0.2, 0) is 10.0 Å². The monoisotopic (exact) mass is 285 g/mol. The third-order valence-electron chi connectivity index (χ3n) is 2.84. The second-order valence-electron chi connectivity index (χ2n) is 4.35. The van der Waals surface area contributed by atoms with Crippen LogP contribution in [-0.4, -0.2) is 25.5 Å². The van der Waals surface area contributed by atoms with Gasteiger partial charge in [0, 0.05) is 6.04 Å². The highest BCUT2D eigenvalue weighted by molar-refractivity contribution is 7.89. The minimum Gasteiger partial charge on any atom is -0.478 e. The van der Waals surface area contributed by atoms with Crippen molar-refractivity contribution in [3.63, 3.8) is 0 Å². The molecule has 0 radical (unpaired) electrons. The molecule has 0 fully saturated rings. The molecule has 0 bridgehead atoms. The Kier molecular flexibility index (Phi) is 5.50. The van der Waals surface area contributed by atoms with Crippen molar-refractivity contribution in [2.75, 3.05) is 0 Å². The summed E-state index contributed by atoms with van der Waals surface area (Å²) in [6, 6.07) is 5.24. The van der Waals surface area contributed by atoms with Crippen LogP contribution in [0.2, 0.25) is 0 Å². The average Bonchev–Trinajstić information content (AvgIpc) is 2.38. The molecular weight excluding hydrogens is 266 g/mol. The summed E-state index contributed by atoms with van der Waals surface area (Å²) in [4.78, 5) is 10.8. The molecule has 0 aliphatic carbocycles. The molecule has 1 atom stereocenters. The Morgan fingerprint density at radius 1 is 1.37 bits per heavy atom. The van der Waals surface area contributed by atoms with Crippen molar-refractivity contribution in [2.24, 2.45) is 0 Å². The summed E-state index contributed by atoms with van der Waals surface area (Å²) in [5, 5.41) is 8.87. The molecule has 6 heteroatoms. The van der Waals surface area contributed by atoms with Crippen LogP contribution >= 0.6 is 0 Å². The van der Waals surface area contributed by atoms with Crippen LogP contribution in [0.25, 0.3) is 0 Å². The molecule has 106 valence electrons. The molecule has 0 aliphatic rings. The summed E-state index contributed by atoms with van der Waals surface area (Å²) in [5.74, 6) is -1.14. The summed E-state index contributed by atoms with van der Waals surface area (Å²) in [6.45, 7) is 3.90. The maximum Gasteiger partial charge on any atom is 0.335 e. The molecule has 19 heavy (non-hydrogen) atoms. The smallest absolute Gasteiger partial charge is 0.335 e. The van der Waals surface area contributed by atoms with Crippen LogP contribution in [0.5, 0.6) is 0 Å². The van der Waals surface area contributed by atoms with Gasteiger partial charge in [-0.15, -0.1) is 0 Å². The highest BCUT2D eigenvalue weighted by Crippen LogP contribution is 2.14. The van der Waals surface area contributed by atoms with Crippen LogP contribution in [0, 0.1) is 0 Å². The number of nitrogens with one attached hydrogen (secondary N) is 1. The first kappa shape index (κ1) is 15.7. The van der Waals surface area contributed by atoms with Crippen molar-refractivity contribution in [2.45, 2.75) is 44.0 Å². The standard InChI is InChI=1S/C13H19NO4S/c1-3-6-11(4-2)14-19(17,18)12-8-5-7-10(9-12)13(15)16/h5,7-9,11,14H,3-4,6H2,1-2H3,(H,15,16). The van der Waals surface area contributed by atoms with Gasteiger partial charge in [-0.05, 0) is 31.0 Å². The molecule has 5 nitrogen and oxygen atoms in total. The third-order valence-corrected chi connectivity index (χ3v) is 4.36. The van der Waals surface area contributed by atoms with Crippen molar-refractivity contribution < 1.29 is 18.3 Å². The molecule has 0 aliphatic heterocycles. The quantitative estimate of drug-likeness (QED) is 0.804. The van der Waals surface area contributed by atoms with Crippen LogP contribution in [0.4, 0.5) is 0 Å². The van der Waals surface area contributed by atoms with Crippen molar-refractivity contribution in [3.05, 3.63) is 29.8 Å². The Labute approximate surface area is 113 Å². The van der Waals surface area contributed by atoms with Gasteiger partial charge in [0.25, 0.3) is 0 Å². The normalized spacial score (nSPS) is 13.2. The number of hydrogen-bond donors (Lipinski definition) is 2. The van der Waals surface area contributed by atoms with Crippen LogP contribution < -0.4 is 4.72 Å². The number of benzene rings is 1. The van der Waals surface area contributed by atoms with Gasteiger partial charge in [0.1, 0.15) is 0 Å². The predicted molar refractivity (Wildman–Crippen MR) is 72.7 cm³/mol. The minimum absolute atomic E-state index is 0.0121. The molecule has 0 spiro atoms. The molecule has 0 saturated heterocycles. The molecule has 1 rings (SSSR count). The largest absolute Gasteiger partial charge is 0.478 e. The number of rotatable bonds is 7. The lowest BCUT2D eigenvalue weighted by Gasteiger charge is -2.16. The topological polar surface area (TPSA) is 83.5 Å². The molecule has 1 unspecified atom stereocenters. The average molecular weight is 285 g/mol. The van der Waals surface area contributed by atoms with E-state index in [9.17, 15) is 13.2 Å². The van der Waals surface area contributed by atoms with Crippen molar-refractivity contribution >= 4 is 16.0 Å². The molecule has 1 aromatic rings. The zero-order valence-corrected chi connectivity index (χ0v) is 11.9. The number of carboxylic acid groups (broad SMARTS) is 1. The second-order valence-corrected chi connectivity index (χ2v) is 6.06. The van der Waals surface area contributed by atoms with Gasteiger partial charge >= 0.3 is 5.97 Å². The second kappa shape index (κ2) is 6.68. The first-order valence-corrected chi connectivity index (χ1v) is 7.74. The molecule has 0 amide bonds. The van der Waals surface area contributed by atoms with E-state index in [-0.39, 0.29) is 16.5 Å². The zero-order valence-electron chi connectivity index (χ0n) is 11.1. The summed E-state index contributed by atoms with van der Waals surface area (Å²) in [5.41, 5.74) is -0.0357. The number of sulfonamides is 1. The highest BCUT2D eigenvalue weighted by Gasteiger charge is 2.19. The van der Waals surface area contributed by atoms with Crippen molar-refractivity contribution in [3.8, 4) is 0 Å². The van der Waals surface area contributed by atoms with Gasteiger partial charge < -0.3 is 5.11 Å². The Morgan fingerprint density at radius 2 is 2.05 bits per heavy atom. The Balaban J connectivity index is 2.99. The van der Waals surface area contributed by atoms with E-state index in [1.165, 1.54) is 24.3 Å². The Hall–Kier alpha value is -1.40. The highest BCUT2D eigenvalue weighted by atomic mass is 32.2. The molecule has 0 saturated carbocycles. The van der Waals surface area contributed by atoms with E-state index in [4.69, 9.17) is 5.11 Å². The third kappa shape index (κ3) is 4.33. The maximum absolute atomic E-state index is 12.1. The lowest BCUT2D eigenvalue weighted by molar-refractivity contribution is 0.0696. The Bertz CT molecular complexity index is 539. The lowest BCUT2D eigenvalue weighted by atomic mass is 10.1. The fourth-order valence-electron chi connectivity index (χ4n) is 1.78. The van der Waals surface area contributed by atoms with E-state index in [2.05, 4.69) is 4.72 Å². The predicted octanol–water partition coefficient (Wildman–Crippen LogP) is 2.24. The van der Waals surface area contributed by atoms with Gasteiger partial charge in [0.15, 0.2) is 0 Å². The minimum atomic E-state index is -3.66. The van der Waals surface area contributed by atoms with Crippen LogP contribution in [0.1, 0.15) is 43.5 Å². The van der Waals surface area contributed by atoms with Gasteiger partial charge in [-0.2, -0.15) is 0 Å². The fraction of sp³-hybridized carbons (Fsp3) is 0.462. The molecular formula is C13H19NO4S. The SMILES string of the molecule is CCCC(CC)NS(=O)(=O)c1cccc(C(=O)O)c1. The van der Waals surface area contributed by atoms with E-state index >= 15 is 0 Å². The van der Waals surface area contributed by atoms with Crippen molar-refractivity contribution in [1.29, 1.82) is 0 Å². The van der Waals surface area contributed by atoms with E-state index in [1.807, 2.05) is 13.8 Å². The summed E-state index contributed by atoms with van der Waals surface area (Å²) >= 11 is 0. The molecule has 1 aromatic carbocycles. The molecule has 2 N–H and O–H groups in total. The van der Waals surface area contributed by atoms with Gasteiger partial charge in [-0.25, -0.2) is 17.9 Å². The first-order valence-electron chi connectivity index (χ1n) is 6.26. The van der Waals surface area contributed by atoms with E-state index < -0.39 is 16.0 Å². The van der Waals surface area contributed by atoms with Gasteiger partial charge in [-0.3, -0.25) is 0 Å². The summed E-state index contributed by atoms with van der Waals surface area (Å²) < 4.78 is 26.9. The fourth-order valence-corrected chi connectivity index (χ4v) is 3.18. The molecule has 0 heterocycles. The summed E-state index contributed by atoms with van der Waals surface area (Å²) in [7, 11) is -3.66. The van der Waals surface area contributed by atoms with E-state index in [0.717, 1.165) is 12.8 Å². The van der Waals surface area contributed by atoms with Crippen molar-refractivity contribution in [1.82, 2.24) is 4.72 Å². The summed E-state index contributed by atoms with van der Waals surface area (Å²) in [6.07, 6.45) is 2.34. The number of carboxylic acids is 1. The van der Waals surface area contributed by atoms with Gasteiger partial charge in [0.2, 0.25) is 10.0 Å². The van der Waals surface area contributed by atoms with Crippen LogP contribution in [0.15, 0.2) is 29.2 Å². The van der Waals surface area contributed by atoms with Gasteiger partial charge in [-0.1, -0.05) is 26.3 Å². The number of aromatic carboxylic acids is 1. The Morgan fingerprint density at radius 3 is 2.58 bits per heavy atom. The first-order chi connectivity index (χ1) is 8.90. The number of hydrogen-bond acceptors (Lipinski definition) is 3. The maximum atomic E-state index is 12.1. The van der Waals surface area contributed by atoms with Gasteiger partial charge in [0.05, 0.1) is 10.5 Å².